The zero-order chi connectivity index (χ0) is 13.9. The molecule has 1 N–H and O–H groups in total. The lowest BCUT2D eigenvalue weighted by molar-refractivity contribution is 0.571. The highest BCUT2D eigenvalue weighted by Crippen LogP contribution is 2.11. The van der Waals surface area contributed by atoms with Gasteiger partial charge in [-0.15, -0.1) is 0 Å². The average Bonchev–Trinajstić information content (AvgIpc) is 2.85. The Labute approximate surface area is 117 Å². The molecule has 3 heterocycles. The van der Waals surface area contributed by atoms with Gasteiger partial charge in [0, 0.05) is 49.0 Å². The molecule has 0 radical (unpaired) electrons. The summed E-state index contributed by atoms with van der Waals surface area (Å²) in [4.78, 5) is 8.44. The quantitative estimate of drug-likeness (QED) is 0.788. The SMILES string of the molecule is Cc1cc2ncc(CNC(C)c3ccncc3)cn2n1. The van der Waals surface area contributed by atoms with Crippen molar-refractivity contribution in [3.05, 3.63) is 59.8 Å². The van der Waals surface area contributed by atoms with Gasteiger partial charge in [0.1, 0.15) is 0 Å². The molecule has 3 aromatic rings. The van der Waals surface area contributed by atoms with Crippen molar-refractivity contribution >= 4 is 5.65 Å². The molecule has 1 unspecified atom stereocenters. The van der Waals surface area contributed by atoms with Gasteiger partial charge in [0.2, 0.25) is 0 Å². The van der Waals surface area contributed by atoms with Crippen molar-refractivity contribution in [2.24, 2.45) is 0 Å². The predicted molar refractivity (Wildman–Crippen MR) is 77.2 cm³/mol. The van der Waals surface area contributed by atoms with E-state index in [4.69, 9.17) is 0 Å². The molecular formula is C15H17N5. The molecular weight excluding hydrogens is 250 g/mol. The minimum atomic E-state index is 0.271. The normalized spacial score (nSPS) is 12.7. The molecule has 3 rings (SSSR count). The second kappa shape index (κ2) is 5.38. The van der Waals surface area contributed by atoms with Crippen molar-refractivity contribution in [1.82, 2.24) is 24.9 Å². The van der Waals surface area contributed by atoms with E-state index < -0.39 is 0 Å². The second-order valence-electron chi connectivity index (χ2n) is 4.93. The number of rotatable bonds is 4. The Hall–Kier alpha value is -2.27. The number of nitrogens with one attached hydrogen (secondary N) is 1. The van der Waals surface area contributed by atoms with E-state index in [2.05, 4.69) is 27.3 Å². The van der Waals surface area contributed by atoms with Crippen LogP contribution in [0.15, 0.2) is 43.0 Å². The van der Waals surface area contributed by atoms with Gasteiger partial charge in [-0.2, -0.15) is 5.10 Å². The predicted octanol–water partition coefficient (Wildman–Crippen LogP) is 2.28. The standard InChI is InChI=1S/C15H17N5/c1-11-7-15-18-9-13(10-20(15)19-11)8-17-12(2)14-3-5-16-6-4-14/h3-7,9-10,12,17H,8H2,1-2H3. The molecule has 0 amide bonds. The minimum Gasteiger partial charge on any atom is -0.306 e. The van der Waals surface area contributed by atoms with Crippen LogP contribution in [0.3, 0.4) is 0 Å². The minimum absolute atomic E-state index is 0.271. The van der Waals surface area contributed by atoms with Gasteiger partial charge in [0.25, 0.3) is 0 Å². The molecule has 5 heteroatoms. The third-order valence-corrected chi connectivity index (χ3v) is 3.31. The highest BCUT2D eigenvalue weighted by molar-refractivity contribution is 5.38. The smallest absolute Gasteiger partial charge is 0.155 e. The summed E-state index contributed by atoms with van der Waals surface area (Å²) in [5.41, 5.74) is 4.20. The van der Waals surface area contributed by atoms with E-state index in [-0.39, 0.29) is 6.04 Å². The van der Waals surface area contributed by atoms with Crippen LogP contribution >= 0.6 is 0 Å². The van der Waals surface area contributed by atoms with Crippen molar-refractivity contribution in [2.75, 3.05) is 0 Å². The Kier molecular flexibility index (Phi) is 3.43. The number of aromatic nitrogens is 4. The van der Waals surface area contributed by atoms with Gasteiger partial charge >= 0.3 is 0 Å². The van der Waals surface area contributed by atoms with E-state index in [9.17, 15) is 0 Å². The van der Waals surface area contributed by atoms with Gasteiger partial charge in [-0.05, 0) is 31.5 Å². The highest BCUT2D eigenvalue weighted by Gasteiger charge is 2.05. The molecule has 0 bridgehead atoms. The van der Waals surface area contributed by atoms with Gasteiger partial charge in [-0.3, -0.25) is 4.98 Å². The van der Waals surface area contributed by atoms with Crippen molar-refractivity contribution < 1.29 is 0 Å². The molecule has 20 heavy (non-hydrogen) atoms. The molecule has 0 aliphatic heterocycles. The molecule has 3 aromatic heterocycles. The zero-order valence-electron chi connectivity index (χ0n) is 11.6. The molecule has 0 saturated carbocycles. The summed E-state index contributed by atoms with van der Waals surface area (Å²) >= 11 is 0. The fourth-order valence-electron chi connectivity index (χ4n) is 2.17. The van der Waals surface area contributed by atoms with E-state index in [0.29, 0.717) is 0 Å². The maximum Gasteiger partial charge on any atom is 0.155 e. The Morgan fingerprint density at radius 3 is 2.90 bits per heavy atom. The van der Waals surface area contributed by atoms with Crippen LogP contribution in [-0.2, 0) is 6.54 Å². The molecule has 5 nitrogen and oxygen atoms in total. The monoisotopic (exact) mass is 267 g/mol. The first kappa shape index (κ1) is 12.7. The first-order valence-electron chi connectivity index (χ1n) is 6.66. The van der Waals surface area contributed by atoms with Crippen molar-refractivity contribution in [1.29, 1.82) is 0 Å². The van der Waals surface area contributed by atoms with Crippen LogP contribution in [-0.4, -0.2) is 19.6 Å². The summed E-state index contributed by atoms with van der Waals surface area (Å²) in [5.74, 6) is 0. The molecule has 102 valence electrons. The number of nitrogens with zero attached hydrogens (tertiary/aromatic N) is 4. The number of hydrogen-bond acceptors (Lipinski definition) is 4. The first-order chi connectivity index (χ1) is 9.72. The lowest BCUT2D eigenvalue weighted by Crippen LogP contribution is -2.18. The summed E-state index contributed by atoms with van der Waals surface area (Å²) < 4.78 is 1.82. The van der Waals surface area contributed by atoms with Crippen LogP contribution in [0.1, 0.15) is 29.8 Å². The first-order valence-corrected chi connectivity index (χ1v) is 6.66. The average molecular weight is 267 g/mol. The molecule has 0 aliphatic carbocycles. The number of pyridine rings is 1. The number of aryl methyl sites for hydroxylation is 1. The largest absolute Gasteiger partial charge is 0.306 e. The Morgan fingerprint density at radius 1 is 1.30 bits per heavy atom. The van der Waals surface area contributed by atoms with Crippen LogP contribution in [0.2, 0.25) is 0 Å². The molecule has 0 aromatic carbocycles. The summed E-state index contributed by atoms with van der Waals surface area (Å²) in [6, 6.07) is 6.29. The van der Waals surface area contributed by atoms with Crippen LogP contribution in [0, 0.1) is 6.92 Å². The maximum absolute atomic E-state index is 4.40. The van der Waals surface area contributed by atoms with Gasteiger partial charge in [-0.1, -0.05) is 0 Å². The molecule has 0 aliphatic rings. The summed E-state index contributed by atoms with van der Waals surface area (Å²) in [6.07, 6.45) is 7.53. The summed E-state index contributed by atoms with van der Waals surface area (Å²) in [7, 11) is 0. The second-order valence-corrected chi connectivity index (χ2v) is 4.93. The lowest BCUT2D eigenvalue weighted by atomic mass is 10.1. The van der Waals surface area contributed by atoms with E-state index in [1.54, 1.807) is 0 Å². The van der Waals surface area contributed by atoms with Crippen LogP contribution < -0.4 is 5.32 Å². The van der Waals surface area contributed by atoms with Crippen LogP contribution in [0.25, 0.3) is 5.65 Å². The Morgan fingerprint density at radius 2 is 2.10 bits per heavy atom. The molecule has 0 fully saturated rings. The van der Waals surface area contributed by atoms with E-state index in [1.165, 1.54) is 5.56 Å². The number of fused-ring (bicyclic) bond motifs is 1. The molecule has 1 atom stereocenters. The van der Waals surface area contributed by atoms with Gasteiger partial charge in [-0.25, -0.2) is 9.50 Å². The van der Waals surface area contributed by atoms with Gasteiger partial charge in [0.15, 0.2) is 5.65 Å². The van der Waals surface area contributed by atoms with E-state index in [1.807, 2.05) is 54.4 Å². The number of hydrogen-bond donors (Lipinski definition) is 1. The van der Waals surface area contributed by atoms with E-state index >= 15 is 0 Å². The fraction of sp³-hybridized carbons (Fsp3) is 0.267. The topological polar surface area (TPSA) is 55.1 Å². The van der Waals surface area contributed by atoms with Crippen molar-refractivity contribution in [2.45, 2.75) is 26.4 Å². The Balaban J connectivity index is 1.70. The molecule has 0 spiro atoms. The van der Waals surface area contributed by atoms with Gasteiger partial charge in [0.05, 0.1) is 5.69 Å². The van der Waals surface area contributed by atoms with Gasteiger partial charge < -0.3 is 5.32 Å². The van der Waals surface area contributed by atoms with Crippen LogP contribution in [0.5, 0.6) is 0 Å². The highest BCUT2D eigenvalue weighted by atomic mass is 15.2. The summed E-state index contributed by atoms with van der Waals surface area (Å²) in [5, 5.41) is 7.86. The fourth-order valence-corrected chi connectivity index (χ4v) is 2.17. The van der Waals surface area contributed by atoms with E-state index in [0.717, 1.165) is 23.4 Å². The zero-order valence-corrected chi connectivity index (χ0v) is 11.6. The lowest BCUT2D eigenvalue weighted by Gasteiger charge is -2.13. The maximum atomic E-state index is 4.40. The van der Waals surface area contributed by atoms with Crippen LogP contribution in [0.4, 0.5) is 0 Å². The third-order valence-electron chi connectivity index (χ3n) is 3.31. The Bertz CT molecular complexity index is 705. The summed E-state index contributed by atoms with van der Waals surface area (Å²) in [6.45, 7) is 4.86. The van der Waals surface area contributed by atoms with Crippen molar-refractivity contribution in [3.63, 3.8) is 0 Å². The third kappa shape index (κ3) is 2.67. The molecule has 0 saturated heterocycles. The van der Waals surface area contributed by atoms with Crippen molar-refractivity contribution in [3.8, 4) is 0 Å².